The average Bonchev–Trinajstić information content (AvgIpc) is 2.42. The van der Waals surface area contributed by atoms with E-state index in [0.717, 1.165) is 25.1 Å². The third-order valence-corrected chi connectivity index (χ3v) is 3.55. The summed E-state index contributed by atoms with van der Waals surface area (Å²) in [7, 11) is 0. The Labute approximate surface area is 109 Å². The van der Waals surface area contributed by atoms with Crippen LogP contribution in [0.1, 0.15) is 44.1 Å². The van der Waals surface area contributed by atoms with Gasteiger partial charge in [-0.3, -0.25) is 10.2 Å². The SMILES string of the molecule is CC[C@@H](C(=O)NN1CCCCC1)c1ccccc1. The van der Waals surface area contributed by atoms with Gasteiger partial charge in [-0.2, -0.15) is 0 Å². The van der Waals surface area contributed by atoms with Crippen molar-refractivity contribution in [3.63, 3.8) is 0 Å². The minimum absolute atomic E-state index is 0.0341. The predicted molar refractivity (Wildman–Crippen MR) is 73.0 cm³/mol. The van der Waals surface area contributed by atoms with Gasteiger partial charge in [-0.05, 0) is 24.8 Å². The largest absolute Gasteiger partial charge is 0.288 e. The molecule has 1 saturated heterocycles. The van der Waals surface area contributed by atoms with Crippen molar-refractivity contribution in [1.29, 1.82) is 0 Å². The first-order valence-electron chi connectivity index (χ1n) is 6.91. The van der Waals surface area contributed by atoms with E-state index >= 15 is 0 Å². The molecule has 1 aliphatic heterocycles. The van der Waals surface area contributed by atoms with E-state index in [1.165, 1.54) is 19.3 Å². The van der Waals surface area contributed by atoms with Gasteiger partial charge in [0.05, 0.1) is 5.92 Å². The molecule has 1 amide bonds. The molecule has 18 heavy (non-hydrogen) atoms. The smallest absolute Gasteiger partial charge is 0.241 e. The molecule has 0 spiro atoms. The van der Waals surface area contributed by atoms with Gasteiger partial charge in [-0.25, -0.2) is 5.01 Å². The van der Waals surface area contributed by atoms with E-state index in [9.17, 15) is 4.79 Å². The molecule has 1 aliphatic rings. The highest BCUT2D eigenvalue weighted by Gasteiger charge is 2.21. The molecule has 98 valence electrons. The summed E-state index contributed by atoms with van der Waals surface area (Å²) in [6.45, 7) is 4.03. The molecule has 0 aliphatic carbocycles. The first-order valence-corrected chi connectivity index (χ1v) is 6.91. The zero-order chi connectivity index (χ0) is 12.8. The summed E-state index contributed by atoms with van der Waals surface area (Å²) >= 11 is 0. The highest BCUT2D eigenvalue weighted by molar-refractivity contribution is 5.83. The van der Waals surface area contributed by atoms with Gasteiger partial charge in [0, 0.05) is 13.1 Å². The molecule has 0 bridgehead atoms. The minimum Gasteiger partial charge on any atom is -0.288 e. The average molecular weight is 246 g/mol. The van der Waals surface area contributed by atoms with Crippen LogP contribution in [0.2, 0.25) is 0 Å². The van der Waals surface area contributed by atoms with Crippen molar-refractivity contribution in [2.75, 3.05) is 13.1 Å². The van der Waals surface area contributed by atoms with E-state index in [4.69, 9.17) is 0 Å². The highest BCUT2D eigenvalue weighted by atomic mass is 16.2. The molecule has 0 radical (unpaired) electrons. The number of nitrogens with zero attached hydrogens (tertiary/aromatic N) is 1. The van der Waals surface area contributed by atoms with Gasteiger partial charge in [0.25, 0.3) is 0 Å². The van der Waals surface area contributed by atoms with E-state index in [2.05, 4.69) is 17.4 Å². The zero-order valence-corrected chi connectivity index (χ0v) is 11.1. The van der Waals surface area contributed by atoms with Crippen LogP contribution in [0.3, 0.4) is 0 Å². The normalized spacial score (nSPS) is 18.3. The summed E-state index contributed by atoms with van der Waals surface area (Å²) in [6.07, 6.45) is 4.48. The Morgan fingerprint density at radius 3 is 2.50 bits per heavy atom. The summed E-state index contributed by atoms with van der Waals surface area (Å²) in [4.78, 5) is 12.3. The van der Waals surface area contributed by atoms with E-state index in [1.807, 2.05) is 30.3 Å². The Morgan fingerprint density at radius 2 is 1.89 bits per heavy atom. The van der Waals surface area contributed by atoms with E-state index in [0.29, 0.717) is 0 Å². The van der Waals surface area contributed by atoms with Crippen molar-refractivity contribution in [3.05, 3.63) is 35.9 Å². The molecular formula is C15H22N2O. The molecule has 0 unspecified atom stereocenters. The maximum atomic E-state index is 12.3. The molecule has 3 heteroatoms. The summed E-state index contributed by atoms with van der Waals surface area (Å²) in [5.74, 6) is 0.0960. The molecule has 1 N–H and O–H groups in total. The lowest BCUT2D eigenvalue weighted by atomic mass is 9.96. The van der Waals surface area contributed by atoms with Crippen LogP contribution in [0.4, 0.5) is 0 Å². The van der Waals surface area contributed by atoms with Crippen LogP contribution in [0.15, 0.2) is 30.3 Å². The number of nitrogens with one attached hydrogen (secondary N) is 1. The van der Waals surface area contributed by atoms with Crippen LogP contribution in [0.5, 0.6) is 0 Å². The van der Waals surface area contributed by atoms with Gasteiger partial charge in [-0.15, -0.1) is 0 Å². The van der Waals surface area contributed by atoms with Crippen LogP contribution in [0, 0.1) is 0 Å². The monoisotopic (exact) mass is 246 g/mol. The number of piperidine rings is 1. The van der Waals surface area contributed by atoms with Gasteiger partial charge in [0.2, 0.25) is 5.91 Å². The van der Waals surface area contributed by atoms with Gasteiger partial charge >= 0.3 is 0 Å². The number of hydrazine groups is 1. The first-order chi connectivity index (χ1) is 8.81. The van der Waals surface area contributed by atoms with Crippen molar-refractivity contribution in [3.8, 4) is 0 Å². The van der Waals surface area contributed by atoms with Crippen LogP contribution in [0.25, 0.3) is 0 Å². The molecule has 3 nitrogen and oxygen atoms in total. The number of carbonyl (C=O) groups is 1. The number of benzene rings is 1. The zero-order valence-electron chi connectivity index (χ0n) is 11.1. The molecule has 1 fully saturated rings. The maximum Gasteiger partial charge on any atom is 0.241 e. The van der Waals surface area contributed by atoms with Crippen LogP contribution in [-0.2, 0) is 4.79 Å². The molecule has 0 saturated carbocycles. The van der Waals surface area contributed by atoms with Crippen LogP contribution in [-0.4, -0.2) is 24.0 Å². The fourth-order valence-corrected chi connectivity index (χ4v) is 2.50. The number of rotatable bonds is 4. The van der Waals surface area contributed by atoms with Crippen molar-refractivity contribution < 1.29 is 4.79 Å². The van der Waals surface area contributed by atoms with Crippen LogP contribution < -0.4 is 5.43 Å². The quantitative estimate of drug-likeness (QED) is 0.886. The molecule has 1 atom stereocenters. The number of amides is 1. The first kappa shape index (κ1) is 13.1. The number of carbonyl (C=O) groups excluding carboxylic acids is 1. The second-order valence-electron chi connectivity index (χ2n) is 4.90. The minimum atomic E-state index is -0.0341. The Kier molecular flexibility index (Phi) is 4.76. The predicted octanol–water partition coefficient (Wildman–Crippen LogP) is 2.70. The van der Waals surface area contributed by atoms with Crippen molar-refractivity contribution in [2.45, 2.75) is 38.5 Å². The Bertz CT molecular complexity index is 371. The van der Waals surface area contributed by atoms with Gasteiger partial charge in [-0.1, -0.05) is 43.7 Å². The third-order valence-electron chi connectivity index (χ3n) is 3.55. The fourth-order valence-electron chi connectivity index (χ4n) is 2.50. The summed E-state index contributed by atoms with van der Waals surface area (Å²) in [5, 5.41) is 2.07. The van der Waals surface area contributed by atoms with E-state index in [1.54, 1.807) is 0 Å². The summed E-state index contributed by atoms with van der Waals surface area (Å²) in [5.41, 5.74) is 4.17. The topological polar surface area (TPSA) is 32.3 Å². The lowest BCUT2D eigenvalue weighted by molar-refractivity contribution is -0.128. The van der Waals surface area contributed by atoms with Gasteiger partial charge in [0.1, 0.15) is 0 Å². The second kappa shape index (κ2) is 6.55. The van der Waals surface area contributed by atoms with Crippen molar-refractivity contribution in [1.82, 2.24) is 10.4 Å². The third kappa shape index (κ3) is 3.33. The highest BCUT2D eigenvalue weighted by Crippen LogP contribution is 2.19. The lowest BCUT2D eigenvalue weighted by Crippen LogP contribution is -2.46. The van der Waals surface area contributed by atoms with E-state index < -0.39 is 0 Å². The standard InChI is InChI=1S/C15H22N2O/c1-2-14(13-9-5-3-6-10-13)15(18)16-17-11-7-4-8-12-17/h3,5-6,9-10,14H,2,4,7-8,11-12H2,1H3,(H,16,18)/t14-/m1/s1. The molecule has 1 heterocycles. The Hall–Kier alpha value is -1.35. The number of hydrogen-bond acceptors (Lipinski definition) is 2. The maximum absolute atomic E-state index is 12.3. The van der Waals surface area contributed by atoms with Gasteiger partial charge < -0.3 is 0 Å². The van der Waals surface area contributed by atoms with Crippen LogP contribution >= 0.6 is 0 Å². The fraction of sp³-hybridized carbons (Fsp3) is 0.533. The van der Waals surface area contributed by atoms with E-state index in [-0.39, 0.29) is 11.8 Å². The van der Waals surface area contributed by atoms with Crippen molar-refractivity contribution >= 4 is 5.91 Å². The van der Waals surface area contributed by atoms with Gasteiger partial charge in [0.15, 0.2) is 0 Å². The van der Waals surface area contributed by atoms with Crippen molar-refractivity contribution in [2.24, 2.45) is 0 Å². The lowest BCUT2D eigenvalue weighted by Gasteiger charge is -2.28. The second-order valence-corrected chi connectivity index (χ2v) is 4.90. The molecule has 1 aromatic rings. The molecule has 2 rings (SSSR count). The summed E-state index contributed by atoms with van der Waals surface area (Å²) < 4.78 is 0. The number of hydrogen-bond donors (Lipinski definition) is 1. The summed E-state index contributed by atoms with van der Waals surface area (Å²) in [6, 6.07) is 10.0. The molecule has 1 aromatic carbocycles. The Balaban J connectivity index is 1.97. The Morgan fingerprint density at radius 1 is 1.22 bits per heavy atom. The molecular weight excluding hydrogens is 224 g/mol. The molecule has 0 aromatic heterocycles.